The number of benzene rings is 1. The summed E-state index contributed by atoms with van der Waals surface area (Å²) in [7, 11) is 0. The molecule has 1 aliphatic rings. The van der Waals surface area contributed by atoms with Gasteiger partial charge in [0.15, 0.2) is 0 Å². The van der Waals surface area contributed by atoms with Gasteiger partial charge in [0, 0.05) is 22.1 Å². The summed E-state index contributed by atoms with van der Waals surface area (Å²) >= 11 is 1.40. The number of nitro groups is 1. The van der Waals surface area contributed by atoms with Gasteiger partial charge in [-0.2, -0.15) is 0 Å². The van der Waals surface area contributed by atoms with Crippen molar-refractivity contribution >= 4 is 33.9 Å². The Balaban J connectivity index is 1.98. The van der Waals surface area contributed by atoms with Crippen molar-refractivity contribution in [1.82, 2.24) is 0 Å². The number of thiophene rings is 1. The highest BCUT2D eigenvalue weighted by Crippen LogP contribution is 2.38. The first-order valence-corrected chi connectivity index (χ1v) is 10.5. The summed E-state index contributed by atoms with van der Waals surface area (Å²) < 4.78 is 5.43. The Labute approximate surface area is 173 Å². The van der Waals surface area contributed by atoms with Crippen LogP contribution >= 0.6 is 11.3 Å². The van der Waals surface area contributed by atoms with Crippen LogP contribution in [-0.4, -0.2) is 22.9 Å². The molecule has 0 radical (unpaired) electrons. The second-order valence-electron chi connectivity index (χ2n) is 7.38. The largest absolute Gasteiger partial charge is 0.459 e. The molecule has 8 heteroatoms. The summed E-state index contributed by atoms with van der Waals surface area (Å²) in [5.41, 5.74) is 1.78. The van der Waals surface area contributed by atoms with E-state index < -0.39 is 16.8 Å². The lowest BCUT2D eigenvalue weighted by Crippen LogP contribution is -2.18. The van der Waals surface area contributed by atoms with Crippen molar-refractivity contribution in [3.05, 3.63) is 55.4 Å². The molecule has 1 heterocycles. The molecule has 0 unspecified atom stereocenters. The van der Waals surface area contributed by atoms with Crippen molar-refractivity contribution in [1.29, 1.82) is 0 Å². The van der Waals surface area contributed by atoms with Gasteiger partial charge in [-0.1, -0.05) is 12.5 Å². The molecule has 0 saturated heterocycles. The number of esters is 1. The number of nitro benzene ring substituents is 1. The van der Waals surface area contributed by atoms with Gasteiger partial charge in [-0.25, -0.2) is 4.79 Å². The van der Waals surface area contributed by atoms with Gasteiger partial charge in [0.05, 0.1) is 16.6 Å². The number of amides is 1. The molecular formula is C21H24N2O5S. The molecule has 0 saturated carbocycles. The van der Waals surface area contributed by atoms with E-state index in [4.69, 9.17) is 4.74 Å². The second kappa shape index (κ2) is 8.73. The molecule has 1 aromatic carbocycles. The van der Waals surface area contributed by atoms with Crippen LogP contribution in [0.1, 0.15) is 69.8 Å². The quantitative estimate of drug-likeness (QED) is 0.318. The van der Waals surface area contributed by atoms with Gasteiger partial charge in [0.25, 0.3) is 11.6 Å². The Morgan fingerprint density at radius 1 is 1.21 bits per heavy atom. The SMILES string of the molecule is Cc1c(C(=O)Nc2sc3c(c2C(=O)OC(C)C)CCCCC3)cccc1[N+](=O)[O-]. The summed E-state index contributed by atoms with van der Waals surface area (Å²) in [6.45, 7) is 5.12. The minimum absolute atomic E-state index is 0.112. The molecular weight excluding hydrogens is 392 g/mol. The monoisotopic (exact) mass is 416 g/mol. The maximum Gasteiger partial charge on any atom is 0.341 e. The average Bonchev–Trinajstić information content (AvgIpc) is 2.81. The molecule has 7 nitrogen and oxygen atoms in total. The number of rotatable bonds is 5. The van der Waals surface area contributed by atoms with Gasteiger partial charge < -0.3 is 10.1 Å². The van der Waals surface area contributed by atoms with Crippen molar-refractivity contribution in [2.75, 3.05) is 5.32 Å². The number of aryl methyl sites for hydroxylation is 1. The van der Waals surface area contributed by atoms with Crippen LogP contribution < -0.4 is 5.32 Å². The van der Waals surface area contributed by atoms with Crippen molar-refractivity contribution in [3.8, 4) is 0 Å². The third kappa shape index (κ3) is 4.48. The molecule has 2 aromatic rings. The van der Waals surface area contributed by atoms with Gasteiger partial charge in [0.1, 0.15) is 5.00 Å². The van der Waals surface area contributed by atoms with Crippen LogP contribution in [0.25, 0.3) is 0 Å². The fraction of sp³-hybridized carbons (Fsp3) is 0.429. The molecule has 154 valence electrons. The lowest BCUT2D eigenvalue weighted by Gasteiger charge is -2.12. The maximum atomic E-state index is 12.9. The predicted octanol–water partition coefficient (Wildman–Crippen LogP) is 5.05. The van der Waals surface area contributed by atoms with Crippen molar-refractivity contribution in [2.45, 2.75) is 59.0 Å². The minimum atomic E-state index is -0.509. The van der Waals surface area contributed by atoms with Crippen LogP contribution in [0, 0.1) is 17.0 Å². The molecule has 3 rings (SSSR count). The van der Waals surface area contributed by atoms with Crippen molar-refractivity contribution < 1.29 is 19.2 Å². The normalized spacial score (nSPS) is 13.5. The molecule has 0 fully saturated rings. The fourth-order valence-electron chi connectivity index (χ4n) is 3.56. The molecule has 1 amide bonds. The lowest BCUT2D eigenvalue weighted by atomic mass is 10.0. The standard InChI is InChI=1S/C21H24N2O5S/c1-12(2)28-21(25)18-15-8-5-4-6-11-17(15)29-20(18)22-19(24)14-9-7-10-16(13(14)3)23(26)27/h7,9-10,12H,4-6,8,11H2,1-3H3,(H,22,24). The number of carbonyl (C=O) groups is 2. The summed E-state index contributed by atoms with van der Waals surface area (Å²) in [5.74, 6) is -0.910. The number of ether oxygens (including phenoxy) is 1. The Hall–Kier alpha value is -2.74. The summed E-state index contributed by atoms with van der Waals surface area (Å²) in [6.07, 6.45) is 4.51. The Kier molecular flexibility index (Phi) is 6.32. The third-order valence-electron chi connectivity index (χ3n) is 4.94. The van der Waals surface area contributed by atoms with E-state index in [9.17, 15) is 19.7 Å². The molecule has 0 atom stereocenters. The van der Waals surface area contributed by atoms with Gasteiger partial charge in [-0.15, -0.1) is 11.3 Å². The lowest BCUT2D eigenvalue weighted by molar-refractivity contribution is -0.385. The molecule has 1 N–H and O–H groups in total. The molecule has 0 bridgehead atoms. The first-order chi connectivity index (χ1) is 13.8. The zero-order valence-electron chi connectivity index (χ0n) is 16.7. The van der Waals surface area contributed by atoms with E-state index >= 15 is 0 Å². The zero-order chi connectivity index (χ0) is 21.1. The summed E-state index contributed by atoms with van der Waals surface area (Å²) in [6, 6.07) is 4.39. The molecule has 0 aliphatic heterocycles. The summed E-state index contributed by atoms with van der Waals surface area (Å²) in [4.78, 5) is 37.5. The van der Waals surface area contributed by atoms with E-state index in [1.54, 1.807) is 26.8 Å². The number of carbonyl (C=O) groups excluding carboxylic acids is 2. The van der Waals surface area contributed by atoms with Gasteiger partial charge in [0.2, 0.25) is 0 Å². The first kappa shape index (κ1) is 21.0. The van der Waals surface area contributed by atoms with Crippen molar-refractivity contribution in [3.63, 3.8) is 0 Å². The molecule has 0 spiro atoms. The van der Waals surface area contributed by atoms with Crippen molar-refractivity contribution in [2.24, 2.45) is 0 Å². The van der Waals surface area contributed by atoms with Gasteiger partial charge in [-0.05, 0) is 58.1 Å². The topological polar surface area (TPSA) is 98.5 Å². The van der Waals surface area contributed by atoms with E-state index in [-0.39, 0.29) is 17.4 Å². The fourth-order valence-corrected chi connectivity index (χ4v) is 4.83. The number of hydrogen-bond donors (Lipinski definition) is 1. The zero-order valence-corrected chi connectivity index (χ0v) is 17.6. The van der Waals surface area contributed by atoms with E-state index in [0.29, 0.717) is 16.1 Å². The number of anilines is 1. The van der Waals surface area contributed by atoms with E-state index in [2.05, 4.69) is 5.32 Å². The van der Waals surface area contributed by atoms with Crippen LogP contribution in [0.4, 0.5) is 10.7 Å². The minimum Gasteiger partial charge on any atom is -0.459 e. The van der Waals surface area contributed by atoms with E-state index in [0.717, 1.165) is 42.5 Å². The van der Waals surface area contributed by atoms with Gasteiger partial charge in [-0.3, -0.25) is 14.9 Å². The summed E-state index contributed by atoms with van der Waals surface area (Å²) in [5, 5.41) is 14.5. The van der Waals surface area contributed by atoms with Crippen LogP contribution in [-0.2, 0) is 17.6 Å². The first-order valence-electron chi connectivity index (χ1n) is 9.70. The van der Waals surface area contributed by atoms with Crippen LogP contribution in [0.2, 0.25) is 0 Å². The Bertz CT molecular complexity index is 964. The smallest absolute Gasteiger partial charge is 0.341 e. The van der Waals surface area contributed by atoms with Crippen LogP contribution in [0.15, 0.2) is 18.2 Å². The number of nitrogens with one attached hydrogen (secondary N) is 1. The Morgan fingerprint density at radius 2 is 1.93 bits per heavy atom. The third-order valence-corrected chi connectivity index (χ3v) is 6.15. The molecule has 29 heavy (non-hydrogen) atoms. The van der Waals surface area contributed by atoms with Crippen LogP contribution in [0.3, 0.4) is 0 Å². The highest BCUT2D eigenvalue weighted by atomic mass is 32.1. The predicted molar refractivity (Wildman–Crippen MR) is 112 cm³/mol. The van der Waals surface area contributed by atoms with Gasteiger partial charge >= 0.3 is 5.97 Å². The Morgan fingerprint density at radius 3 is 2.62 bits per heavy atom. The number of nitrogens with zero attached hydrogens (tertiary/aromatic N) is 1. The van der Waals surface area contributed by atoms with E-state index in [1.165, 1.54) is 23.5 Å². The second-order valence-corrected chi connectivity index (χ2v) is 8.49. The number of fused-ring (bicyclic) bond motifs is 1. The van der Waals surface area contributed by atoms with E-state index in [1.807, 2.05) is 0 Å². The highest BCUT2D eigenvalue weighted by molar-refractivity contribution is 7.17. The maximum absolute atomic E-state index is 12.9. The van der Waals surface area contributed by atoms with Crippen LogP contribution in [0.5, 0.6) is 0 Å². The number of hydrogen-bond acceptors (Lipinski definition) is 6. The average molecular weight is 416 g/mol. The molecule has 1 aromatic heterocycles. The molecule has 1 aliphatic carbocycles. The highest BCUT2D eigenvalue weighted by Gasteiger charge is 2.28.